The molecule has 1 unspecified atom stereocenters. The fourth-order valence-corrected chi connectivity index (χ4v) is 1.87. The molecule has 0 aliphatic carbocycles. The molecule has 0 bridgehead atoms. The SMILES string of the molecule is [2H]C([2H])([2H])Oc1ccc(C(O)CNC(=O)/C=C/c2ccccc2)cc1. The van der Waals surface area contributed by atoms with E-state index in [4.69, 9.17) is 8.85 Å². The first-order valence-electron chi connectivity index (χ1n) is 8.31. The van der Waals surface area contributed by atoms with Gasteiger partial charge in [0.05, 0.1) is 17.3 Å². The lowest BCUT2D eigenvalue weighted by atomic mass is 10.1. The Morgan fingerprint density at radius 1 is 1.27 bits per heavy atom. The monoisotopic (exact) mass is 300 g/mol. The average molecular weight is 300 g/mol. The number of carbonyl (C=O) groups is 1. The van der Waals surface area contributed by atoms with Crippen molar-refractivity contribution in [2.75, 3.05) is 13.6 Å². The number of nitrogens with one attached hydrogen (secondary N) is 1. The van der Waals surface area contributed by atoms with Gasteiger partial charge in [-0.05, 0) is 29.3 Å². The quantitative estimate of drug-likeness (QED) is 0.806. The second-order valence-electron chi connectivity index (χ2n) is 4.68. The molecule has 0 radical (unpaired) electrons. The van der Waals surface area contributed by atoms with Gasteiger partial charge in [-0.1, -0.05) is 42.5 Å². The van der Waals surface area contributed by atoms with Gasteiger partial charge >= 0.3 is 0 Å². The molecule has 2 N–H and O–H groups in total. The Morgan fingerprint density at radius 3 is 2.68 bits per heavy atom. The summed E-state index contributed by atoms with van der Waals surface area (Å²) in [5.41, 5.74) is 1.45. The maximum atomic E-state index is 11.8. The van der Waals surface area contributed by atoms with E-state index in [1.165, 1.54) is 18.2 Å². The van der Waals surface area contributed by atoms with Crippen molar-refractivity contribution in [2.24, 2.45) is 0 Å². The van der Waals surface area contributed by atoms with Gasteiger partial charge in [0.1, 0.15) is 5.75 Å². The number of hydrogen-bond acceptors (Lipinski definition) is 3. The molecule has 2 aromatic rings. The molecule has 1 atom stereocenters. The molecule has 0 saturated carbocycles. The van der Waals surface area contributed by atoms with Crippen LogP contribution in [0.1, 0.15) is 21.3 Å². The molecule has 0 aliphatic rings. The molecule has 0 saturated heterocycles. The first-order chi connectivity index (χ1) is 11.8. The van der Waals surface area contributed by atoms with Crippen molar-refractivity contribution < 1.29 is 18.8 Å². The van der Waals surface area contributed by atoms with Crippen LogP contribution in [0, 0.1) is 0 Å². The molecule has 2 aromatic carbocycles. The third kappa shape index (κ3) is 4.75. The fraction of sp³-hybridized carbons (Fsp3) is 0.167. The molecule has 4 heteroatoms. The lowest BCUT2D eigenvalue weighted by Gasteiger charge is -2.11. The lowest BCUT2D eigenvalue weighted by molar-refractivity contribution is -0.116. The summed E-state index contributed by atoms with van der Waals surface area (Å²) in [4.78, 5) is 11.8. The van der Waals surface area contributed by atoms with E-state index < -0.39 is 13.1 Å². The minimum Gasteiger partial charge on any atom is -0.497 e. The predicted octanol–water partition coefficient (Wildman–Crippen LogP) is 2.56. The summed E-state index contributed by atoms with van der Waals surface area (Å²) in [5.74, 6) is -0.129. The van der Waals surface area contributed by atoms with Gasteiger partial charge < -0.3 is 15.2 Å². The van der Waals surface area contributed by atoms with Crippen LogP contribution < -0.4 is 10.1 Å². The van der Waals surface area contributed by atoms with Gasteiger partial charge in [0.25, 0.3) is 0 Å². The molecule has 2 rings (SSSR count). The largest absolute Gasteiger partial charge is 0.497 e. The Hall–Kier alpha value is -2.59. The van der Waals surface area contributed by atoms with Crippen LogP contribution in [-0.4, -0.2) is 24.6 Å². The highest BCUT2D eigenvalue weighted by Gasteiger charge is 2.08. The Kier molecular flexibility index (Phi) is 4.37. The van der Waals surface area contributed by atoms with Crippen LogP contribution in [0.2, 0.25) is 0 Å². The van der Waals surface area contributed by atoms with E-state index in [1.54, 1.807) is 18.2 Å². The van der Waals surface area contributed by atoms with Gasteiger partial charge in [0.15, 0.2) is 0 Å². The molecule has 4 nitrogen and oxygen atoms in total. The molecule has 0 aliphatic heterocycles. The number of methoxy groups -OCH3 is 1. The lowest BCUT2D eigenvalue weighted by Crippen LogP contribution is -2.26. The summed E-state index contributed by atoms with van der Waals surface area (Å²) in [5, 5.41) is 12.7. The maximum absolute atomic E-state index is 11.8. The van der Waals surface area contributed by atoms with Crippen molar-refractivity contribution in [3.05, 3.63) is 71.8 Å². The maximum Gasteiger partial charge on any atom is 0.244 e. The number of hydrogen-bond donors (Lipinski definition) is 2. The number of amides is 1. The van der Waals surface area contributed by atoms with Crippen LogP contribution in [0.25, 0.3) is 6.08 Å². The van der Waals surface area contributed by atoms with E-state index in [1.807, 2.05) is 30.3 Å². The number of aliphatic hydroxyl groups is 1. The summed E-state index contributed by atoms with van der Waals surface area (Å²) in [7, 11) is -2.51. The van der Waals surface area contributed by atoms with Crippen LogP contribution >= 0.6 is 0 Å². The molecule has 22 heavy (non-hydrogen) atoms. The Balaban J connectivity index is 1.84. The van der Waals surface area contributed by atoms with E-state index in [0.29, 0.717) is 5.56 Å². The van der Waals surface area contributed by atoms with Crippen molar-refractivity contribution in [3.8, 4) is 5.75 Å². The fourth-order valence-electron chi connectivity index (χ4n) is 1.87. The van der Waals surface area contributed by atoms with Crippen molar-refractivity contribution in [3.63, 3.8) is 0 Å². The van der Waals surface area contributed by atoms with Gasteiger partial charge in [-0.3, -0.25) is 4.79 Å². The normalized spacial score (nSPS) is 14.7. The van der Waals surface area contributed by atoms with Crippen molar-refractivity contribution in [1.82, 2.24) is 5.32 Å². The third-order valence-electron chi connectivity index (χ3n) is 3.08. The Morgan fingerprint density at radius 2 is 2.00 bits per heavy atom. The van der Waals surface area contributed by atoms with Gasteiger partial charge in [-0.15, -0.1) is 0 Å². The summed E-state index contributed by atoms with van der Waals surface area (Å²) < 4.78 is 25.8. The highest BCUT2D eigenvalue weighted by atomic mass is 16.5. The zero-order chi connectivity index (χ0) is 18.3. The van der Waals surface area contributed by atoms with Gasteiger partial charge in [-0.25, -0.2) is 0 Å². The number of benzene rings is 2. The summed E-state index contributed by atoms with van der Waals surface area (Å²) in [6.45, 7) is 0.0391. The number of carbonyl (C=O) groups excluding carboxylic acids is 1. The standard InChI is InChI=1S/C18H19NO3/c1-22-16-10-8-15(9-11-16)17(20)13-19-18(21)12-7-14-5-3-2-4-6-14/h2-12,17,20H,13H2,1H3,(H,19,21)/b12-7+/i1D3. The number of rotatable bonds is 6. The Bertz CT molecular complexity index is 713. The number of aliphatic hydroxyl groups excluding tert-OH is 1. The third-order valence-corrected chi connectivity index (χ3v) is 3.08. The van der Waals surface area contributed by atoms with E-state index in [0.717, 1.165) is 5.56 Å². The summed E-state index contributed by atoms with van der Waals surface area (Å²) in [6, 6.07) is 15.4. The van der Waals surface area contributed by atoms with Crippen LogP contribution in [0.4, 0.5) is 0 Å². The predicted molar refractivity (Wildman–Crippen MR) is 86.4 cm³/mol. The van der Waals surface area contributed by atoms with Crippen molar-refractivity contribution >= 4 is 12.0 Å². The highest BCUT2D eigenvalue weighted by Crippen LogP contribution is 2.16. The molecule has 0 fully saturated rings. The summed E-state index contributed by atoms with van der Waals surface area (Å²) in [6.07, 6.45) is 2.17. The van der Waals surface area contributed by atoms with Gasteiger partial charge in [0, 0.05) is 12.6 Å². The smallest absolute Gasteiger partial charge is 0.244 e. The van der Waals surface area contributed by atoms with Gasteiger partial charge in [-0.2, -0.15) is 0 Å². The second kappa shape index (κ2) is 8.00. The van der Waals surface area contributed by atoms with Crippen molar-refractivity contribution in [1.29, 1.82) is 0 Å². The van der Waals surface area contributed by atoms with Crippen LogP contribution in [0.5, 0.6) is 5.75 Å². The summed E-state index contributed by atoms with van der Waals surface area (Å²) >= 11 is 0. The molecule has 1 amide bonds. The first kappa shape index (κ1) is 12.0. The van der Waals surface area contributed by atoms with Crippen LogP contribution in [0.3, 0.4) is 0 Å². The molecular formula is C18H19NO3. The molecule has 0 heterocycles. The number of ether oxygens (including phenoxy) is 1. The molecule has 0 spiro atoms. The minimum absolute atomic E-state index is 0.0391. The topological polar surface area (TPSA) is 58.6 Å². The molecule has 0 aromatic heterocycles. The molecule has 114 valence electrons. The average Bonchev–Trinajstić information content (AvgIpc) is 2.58. The van der Waals surface area contributed by atoms with Crippen LogP contribution in [-0.2, 0) is 4.79 Å². The van der Waals surface area contributed by atoms with Crippen molar-refractivity contribution in [2.45, 2.75) is 6.10 Å². The zero-order valence-corrected chi connectivity index (χ0v) is 11.9. The van der Waals surface area contributed by atoms with E-state index in [9.17, 15) is 9.90 Å². The molecular weight excluding hydrogens is 278 g/mol. The van der Waals surface area contributed by atoms with Crippen LogP contribution in [0.15, 0.2) is 60.7 Å². The van der Waals surface area contributed by atoms with E-state index in [-0.39, 0.29) is 18.2 Å². The first-order valence-corrected chi connectivity index (χ1v) is 6.81. The minimum atomic E-state index is -2.51. The zero-order valence-electron chi connectivity index (χ0n) is 14.9. The van der Waals surface area contributed by atoms with E-state index >= 15 is 0 Å². The highest BCUT2D eigenvalue weighted by molar-refractivity contribution is 5.91. The second-order valence-corrected chi connectivity index (χ2v) is 4.68. The Labute approximate surface area is 134 Å². The van der Waals surface area contributed by atoms with Gasteiger partial charge in [0.2, 0.25) is 5.91 Å². The van der Waals surface area contributed by atoms with E-state index in [2.05, 4.69) is 5.32 Å².